The Hall–Kier alpha value is -2.91. The van der Waals surface area contributed by atoms with Gasteiger partial charge in [-0.15, -0.1) is 0 Å². The highest BCUT2D eigenvalue weighted by molar-refractivity contribution is 9.10. The minimum absolute atomic E-state index is 0.164. The van der Waals surface area contributed by atoms with Crippen LogP contribution >= 0.6 is 15.9 Å². The minimum Gasteiger partial charge on any atom is -0.461 e. The molecule has 1 aliphatic heterocycles. The van der Waals surface area contributed by atoms with Crippen LogP contribution in [-0.4, -0.2) is 61.1 Å². The van der Waals surface area contributed by atoms with Gasteiger partial charge in [-0.25, -0.2) is 9.18 Å². The summed E-state index contributed by atoms with van der Waals surface area (Å²) in [5, 5.41) is 3.66. The highest BCUT2D eigenvalue weighted by atomic mass is 79.9. The van der Waals surface area contributed by atoms with E-state index in [4.69, 9.17) is 4.74 Å². The van der Waals surface area contributed by atoms with E-state index >= 15 is 0 Å². The van der Waals surface area contributed by atoms with Gasteiger partial charge in [0.1, 0.15) is 11.5 Å². The molecule has 1 fully saturated rings. The molecule has 7 nitrogen and oxygen atoms in total. The van der Waals surface area contributed by atoms with Crippen molar-refractivity contribution in [2.75, 3.05) is 49.5 Å². The van der Waals surface area contributed by atoms with Crippen LogP contribution in [0, 0.1) is 5.82 Å². The third-order valence-electron chi connectivity index (χ3n) is 5.72. The molecule has 0 spiro atoms. The van der Waals surface area contributed by atoms with E-state index in [9.17, 15) is 14.0 Å². The summed E-state index contributed by atoms with van der Waals surface area (Å²) >= 11 is 3.45. The average Bonchev–Trinajstić information content (AvgIpc) is 3.16. The molecule has 1 amide bonds. The largest absolute Gasteiger partial charge is 0.461 e. The molecule has 9 heteroatoms. The van der Waals surface area contributed by atoms with Gasteiger partial charge in [0, 0.05) is 60.2 Å². The van der Waals surface area contributed by atoms with Crippen LogP contribution < -0.4 is 10.2 Å². The van der Waals surface area contributed by atoms with Crippen molar-refractivity contribution in [1.29, 1.82) is 0 Å². The van der Waals surface area contributed by atoms with Gasteiger partial charge in [0.15, 0.2) is 0 Å². The van der Waals surface area contributed by atoms with Gasteiger partial charge in [-0.1, -0.05) is 15.9 Å². The number of ether oxygens (including phenoxy) is 1. The van der Waals surface area contributed by atoms with E-state index < -0.39 is 5.97 Å². The molecule has 1 aromatic heterocycles. The Balaban J connectivity index is 1.36. The Kier molecular flexibility index (Phi) is 7.29. The normalized spacial score (nSPS) is 14.5. The highest BCUT2D eigenvalue weighted by Gasteiger charge is 2.22. The van der Waals surface area contributed by atoms with Crippen molar-refractivity contribution in [2.45, 2.75) is 13.3 Å². The molecule has 0 aliphatic carbocycles. The fourth-order valence-electron chi connectivity index (χ4n) is 3.99. The number of nitrogens with one attached hydrogen (secondary N) is 2. The van der Waals surface area contributed by atoms with Crippen LogP contribution in [0.25, 0.3) is 10.9 Å². The molecule has 0 unspecified atom stereocenters. The van der Waals surface area contributed by atoms with Crippen molar-refractivity contribution in [3.8, 4) is 0 Å². The minimum atomic E-state index is -0.503. The number of piperazine rings is 1. The van der Waals surface area contributed by atoms with Gasteiger partial charge in [-0.3, -0.25) is 9.69 Å². The first-order valence-electron chi connectivity index (χ1n) is 11.0. The van der Waals surface area contributed by atoms with Crippen LogP contribution in [0.2, 0.25) is 0 Å². The second kappa shape index (κ2) is 10.4. The van der Waals surface area contributed by atoms with Crippen LogP contribution in [0.15, 0.2) is 46.9 Å². The Morgan fingerprint density at radius 1 is 1.12 bits per heavy atom. The van der Waals surface area contributed by atoms with Gasteiger partial charge in [-0.05, 0) is 49.4 Å². The number of rotatable bonds is 7. The Morgan fingerprint density at radius 2 is 1.85 bits per heavy atom. The predicted octanol–water partition coefficient (Wildman–Crippen LogP) is 4.40. The summed E-state index contributed by atoms with van der Waals surface area (Å²) in [4.78, 5) is 32.7. The maximum atomic E-state index is 13.1. The van der Waals surface area contributed by atoms with Gasteiger partial charge in [0.2, 0.25) is 5.91 Å². The zero-order valence-electron chi connectivity index (χ0n) is 18.4. The maximum absolute atomic E-state index is 13.1. The Bertz CT molecular complexity index is 1140. The fourth-order valence-corrected chi connectivity index (χ4v) is 4.35. The van der Waals surface area contributed by atoms with E-state index in [2.05, 4.69) is 36.0 Å². The van der Waals surface area contributed by atoms with E-state index in [0.29, 0.717) is 18.7 Å². The molecule has 2 aromatic carbocycles. The number of H-pyrrole nitrogens is 1. The molecule has 0 radical (unpaired) electrons. The summed E-state index contributed by atoms with van der Waals surface area (Å²) in [6.45, 7) is 5.87. The third-order valence-corrected chi connectivity index (χ3v) is 6.22. The summed E-state index contributed by atoms with van der Waals surface area (Å²) < 4.78 is 19.1. The molecule has 3 aromatic rings. The highest BCUT2D eigenvalue weighted by Crippen LogP contribution is 2.31. The lowest BCUT2D eigenvalue weighted by Crippen LogP contribution is -2.47. The number of aromatic nitrogens is 1. The van der Waals surface area contributed by atoms with E-state index in [1.54, 1.807) is 19.1 Å². The van der Waals surface area contributed by atoms with E-state index in [0.717, 1.165) is 47.2 Å². The smallest absolute Gasteiger partial charge is 0.356 e. The summed E-state index contributed by atoms with van der Waals surface area (Å²) in [6.07, 6.45) is 0.305. The Labute approximate surface area is 200 Å². The van der Waals surface area contributed by atoms with Crippen molar-refractivity contribution < 1.29 is 18.7 Å². The van der Waals surface area contributed by atoms with Crippen LogP contribution in [0.4, 0.5) is 15.8 Å². The second-order valence-electron chi connectivity index (χ2n) is 7.89. The molecule has 33 heavy (non-hydrogen) atoms. The Morgan fingerprint density at radius 3 is 2.55 bits per heavy atom. The molecule has 0 atom stereocenters. The number of halogens is 2. The van der Waals surface area contributed by atoms with Gasteiger partial charge in [0.25, 0.3) is 0 Å². The summed E-state index contributed by atoms with van der Waals surface area (Å²) in [5.74, 6) is -0.906. The quantitative estimate of drug-likeness (QED) is 0.455. The predicted molar refractivity (Wildman–Crippen MR) is 130 cm³/mol. The van der Waals surface area contributed by atoms with Crippen LogP contribution in [-0.2, 0) is 9.53 Å². The number of benzene rings is 2. The summed E-state index contributed by atoms with van der Waals surface area (Å²) in [6, 6.07) is 12.1. The zero-order valence-corrected chi connectivity index (χ0v) is 20.0. The van der Waals surface area contributed by atoms with Crippen molar-refractivity contribution in [3.05, 3.63) is 58.4 Å². The van der Waals surface area contributed by atoms with E-state index in [1.165, 1.54) is 12.1 Å². The lowest BCUT2D eigenvalue weighted by atomic mass is 10.2. The molecule has 2 N–H and O–H groups in total. The molecule has 2 heterocycles. The molecule has 0 bridgehead atoms. The van der Waals surface area contributed by atoms with Gasteiger partial charge < -0.3 is 19.9 Å². The van der Waals surface area contributed by atoms with Gasteiger partial charge in [-0.2, -0.15) is 0 Å². The second-order valence-corrected chi connectivity index (χ2v) is 8.80. The first kappa shape index (κ1) is 23.3. The standard InChI is InChI=1S/C24H26BrFN4O3/c1-2-33-24(32)23-22(19-15-16(25)3-8-20(19)27-23)28-21(31)9-10-29-11-13-30(14-12-29)18-6-4-17(26)5-7-18/h3-8,15,27H,2,9-14H2,1H3,(H,28,31). The van der Waals surface area contributed by atoms with Crippen molar-refractivity contribution in [2.24, 2.45) is 0 Å². The first-order chi connectivity index (χ1) is 15.9. The number of fused-ring (bicyclic) bond motifs is 1. The number of nitrogens with zero attached hydrogens (tertiary/aromatic N) is 2. The van der Waals surface area contributed by atoms with E-state index in [-0.39, 0.29) is 24.0 Å². The molecular formula is C24H26BrFN4O3. The molecule has 174 valence electrons. The maximum Gasteiger partial charge on any atom is 0.356 e. The number of amides is 1. The third kappa shape index (κ3) is 5.54. The van der Waals surface area contributed by atoms with Gasteiger partial charge >= 0.3 is 5.97 Å². The van der Waals surface area contributed by atoms with Crippen LogP contribution in [0.5, 0.6) is 0 Å². The molecule has 0 saturated carbocycles. The van der Waals surface area contributed by atoms with Crippen molar-refractivity contribution >= 4 is 50.1 Å². The first-order valence-corrected chi connectivity index (χ1v) is 11.7. The lowest BCUT2D eigenvalue weighted by Gasteiger charge is -2.36. The summed E-state index contributed by atoms with van der Waals surface area (Å²) in [7, 11) is 0. The number of esters is 1. The number of aromatic amines is 1. The number of hydrogen-bond acceptors (Lipinski definition) is 5. The number of carbonyl (C=O) groups excluding carboxylic acids is 2. The number of anilines is 2. The fraction of sp³-hybridized carbons (Fsp3) is 0.333. The van der Waals surface area contributed by atoms with Crippen molar-refractivity contribution in [1.82, 2.24) is 9.88 Å². The van der Waals surface area contributed by atoms with Crippen molar-refractivity contribution in [3.63, 3.8) is 0 Å². The summed E-state index contributed by atoms with van der Waals surface area (Å²) in [5.41, 5.74) is 2.43. The van der Waals surface area contributed by atoms with E-state index in [1.807, 2.05) is 18.2 Å². The number of carbonyl (C=O) groups is 2. The molecule has 1 aliphatic rings. The lowest BCUT2D eigenvalue weighted by molar-refractivity contribution is -0.116. The SMILES string of the molecule is CCOC(=O)c1[nH]c2ccc(Br)cc2c1NC(=O)CCN1CCN(c2ccc(F)cc2)CC1. The van der Waals surface area contributed by atoms with Gasteiger partial charge in [0.05, 0.1) is 12.3 Å². The van der Waals surface area contributed by atoms with Crippen LogP contribution in [0.1, 0.15) is 23.8 Å². The monoisotopic (exact) mass is 516 g/mol. The average molecular weight is 517 g/mol. The zero-order chi connectivity index (χ0) is 23.4. The van der Waals surface area contributed by atoms with Crippen LogP contribution in [0.3, 0.4) is 0 Å². The number of hydrogen-bond donors (Lipinski definition) is 2. The topological polar surface area (TPSA) is 77.7 Å². The molecule has 1 saturated heterocycles. The molecular weight excluding hydrogens is 491 g/mol. The molecule has 4 rings (SSSR count).